The molecule has 1 heterocycles. The van der Waals surface area contributed by atoms with E-state index in [1.54, 1.807) is 0 Å². The number of nitrogens with zero attached hydrogens (tertiary/aromatic N) is 2. The summed E-state index contributed by atoms with van der Waals surface area (Å²) < 4.78 is 0. The van der Waals surface area contributed by atoms with Gasteiger partial charge in [-0.1, -0.05) is 6.92 Å². The lowest BCUT2D eigenvalue weighted by molar-refractivity contribution is -0.139. The number of likely N-dealkylation sites (N-methyl/N-ethyl adjacent to an activating group) is 2. The van der Waals surface area contributed by atoms with Gasteiger partial charge in [0.2, 0.25) is 0 Å². The Morgan fingerprint density at radius 3 is 2.54 bits per heavy atom. The number of amides is 2. The third-order valence-corrected chi connectivity index (χ3v) is 6.55. The van der Waals surface area contributed by atoms with Crippen molar-refractivity contribution in [1.82, 2.24) is 20.4 Å². The molecule has 2 fully saturated rings. The van der Waals surface area contributed by atoms with E-state index in [0.717, 1.165) is 37.3 Å². The zero-order valence-corrected chi connectivity index (χ0v) is 15.7. The Labute approximate surface area is 148 Å². The summed E-state index contributed by atoms with van der Waals surface area (Å²) in [5.74, 6) is 1.39. The van der Waals surface area contributed by atoms with E-state index in [-0.39, 0.29) is 30.2 Å². The molecule has 1 aliphatic carbocycles. The van der Waals surface area contributed by atoms with E-state index in [1.807, 2.05) is 23.6 Å². The first kappa shape index (κ1) is 19.3. The van der Waals surface area contributed by atoms with E-state index in [2.05, 4.69) is 29.6 Å². The minimum atomic E-state index is -0.797. The Bertz CT molecular complexity index is 449. The summed E-state index contributed by atoms with van der Waals surface area (Å²) in [5.41, 5.74) is 0.0602. The molecule has 2 amide bonds. The summed E-state index contributed by atoms with van der Waals surface area (Å²) in [5, 5.41) is 14.9. The smallest absolute Gasteiger partial charge is 0.317 e. The van der Waals surface area contributed by atoms with Crippen molar-refractivity contribution in [3.05, 3.63) is 0 Å². The van der Waals surface area contributed by atoms with Crippen LogP contribution in [0.4, 0.5) is 4.79 Å². The molecule has 7 nitrogen and oxygen atoms in total. The molecule has 1 saturated heterocycles. The van der Waals surface area contributed by atoms with Gasteiger partial charge in [0.1, 0.15) is 0 Å². The molecular weight excluding hydrogens is 328 g/mol. The van der Waals surface area contributed by atoms with Crippen LogP contribution in [0, 0.1) is 0 Å². The molecule has 8 heteroatoms. The summed E-state index contributed by atoms with van der Waals surface area (Å²) in [6, 6.07) is 0.291. The second kappa shape index (κ2) is 8.40. The third-order valence-electron chi connectivity index (χ3n) is 5.32. The number of nitrogens with one attached hydrogen (secondary N) is 2. The highest BCUT2D eigenvalue weighted by atomic mass is 32.2. The monoisotopic (exact) mass is 358 g/mol. The van der Waals surface area contributed by atoms with Crippen molar-refractivity contribution in [2.75, 3.05) is 45.2 Å². The molecule has 1 saturated carbocycles. The maximum atomic E-state index is 12.1. The second-order valence-electron chi connectivity index (χ2n) is 7.03. The molecule has 1 atom stereocenters. The molecule has 3 N–H and O–H groups in total. The first-order valence-corrected chi connectivity index (χ1v) is 9.77. The maximum Gasteiger partial charge on any atom is 0.317 e. The van der Waals surface area contributed by atoms with Crippen LogP contribution in [0.15, 0.2) is 0 Å². The van der Waals surface area contributed by atoms with Crippen LogP contribution in [0.5, 0.6) is 0 Å². The quantitative estimate of drug-likeness (QED) is 0.591. The first-order valence-electron chi connectivity index (χ1n) is 8.61. The summed E-state index contributed by atoms with van der Waals surface area (Å²) >= 11 is 1.93. The Kier molecular flexibility index (Phi) is 6.77. The molecule has 0 aromatic heterocycles. The standard InChI is InChI=1S/C16H30N4O3S/c1-4-20(9-14(21)22)13-7-12(8-13)18-15(23)17-10-16(19(2)3)5-6-24-11-16/h12-13H,4-11H2,1-3H3,(H,21,22)(H2,17,18,23). The molecule has 0 spiro atoms. The van der Waals surface area contributed by atoms with Crippen LogP contribution in [-0.4, -0.2) is 89.8 Å². The fourth-order valence-corrected chi connectivity index (χ4v) is 4.96. The van der Waals surface area contributed by atoms with Crippen molar-refractivity contribution in [3.63, 3.8) is 0 Å². The summed E-state index contributed by atoms with van der Waals surface area (Å²) in [7, 11) is 4.15. The van der Waals surface area contributed by atoms with E-state index < -0.39 is 5.97 Å². The van der Waals surface area contributed by atoms with Gasteiger partial charge in [-0.3, -0.25) is 9.69 Å². The highest BCUT2D eigenvalue weighted by Gasteiger charge is 2.38. The van der Waals surface area contributed by atoms with Gasteiger partial charge < -0.3 is 20.6 Å². The van der Waals surface area contributed by atoms with E-state index in [0.29, 0.717) is 6.54 Å². The van der Waals surface area contributed by atoms with Crippen molar-refractivity contribution < 1.29 is 14.7 Å². The lowest BCUT2D eigenvalue weighted by Gasteiger charge is -2.42. The van der Waals surface area contributed by atoms with Gasteiger partial charge in [-0.2, -0.15) is 11.8 Å². The van der Waals surface area contributed by atoms with Gasteiger partial charge in [-0.15, -0.1) is 0 Å². The molecule has 138 valence electrons. The normalized spacial score (nSPS) is 29.5. The fourth-order valence-electron chi connectivity index (χ4n) is 3.40. The zero-order chi connectivity index (χ0) is 17.7. The third kappa shape index (κ3) is 4.77. The highest BCUT2D eigenvalue weighted by molar-refractivity contribution is 7.99. The van der Waals surface area contributed by atoms with Crippen LogP contribution in [0.3, 0.4) is 0 Å². The Morgan fingerprint density at radius 2 is 2.04 bits per heavy atom. The molecule has 0 aromatic rings. The van der Waals surface area contributed by atoms with Gasteiger partial charge in [0, 0.05) is 29.9 Å². The predicted octanol–water partition coefficient (Wildman–Crippen LogP) is 0.660. The number of hydrogen-bond donors (Lipinski definition) is 3. The van der Waals surface area contributed by atoms with E-state index >= 15 is 0 Å². The number of hydrogen-bond acceptors (Lipinski definition) is 5. The number of carboxylic acid groups (broad SMARTS) is 1. The van der Waals surface area contributed by atoms with Gasteiger partial charge in [-0.05, 0) is 45.7 Å². The van der Waals surface area contributed by atoms with Crippen molar-refractivity contribution in [2.45, 2.75) is 43.8 Å². The Hall–Kier alpha value is -0.990. The van der Waals surface area contributed by atoms with Gasteiger partial charge >= 0.3 is 12.0 Å². The lowest BCUT2D eigenvalue weighted by atomic mass is 9.85. The molecule has 0 bridgehead atoms. The molecule has 2 aliphatic rings. The molecule has 0 radical (unpaired) electrons. The van der Waals surface area contributed by atoms with Crippen LogP contribution >= 0.6 is 11.8 Å². The van der Waals surface area contributed by atoms with Gasteiger partial charge in [0.25, 0.3) is 0 Å². The van der Waals surface area contributed by atoms with Crippen LogP contribution in [0.25, 0.3) is 0 Å². The molecular formula is C16H30N4O3S. The Morgan fingerprint density at radius 1 is 1.33 bits per heavy atom. The number of urea groups is 1. The van der Waals surface area contributed by atoms with E-state index in [9.17, 15) is 9.59 Å². The molecule has 1 aliphatic heterocycles. The summed E-state index contributed by atoms with van der Waals surface area (Å²) in [6.45, 7) is 3.42. The molecule has 1 unspecified atom stereocenters. The van der Waals surface area contributed by atoms with E-state index in [4.69, 9.17) is 5.11 Å². The minimum Gasteiger partial charge on any atom is -0.480 e. The van der Waals surface area contributed by atoms with Crippen LogP contribution < -0.4 is 10.6 Å². The lowest BCUT2D eigenvalue weighted by Crippen LogP contribution is -2.59. The Balaban J connectivity index is 1.70. The highest BCUT2D eigenvalue weighted by Crippen LogP contribution is 2.31. The van der Waals surface area contributed by atoms with Gasteiger partial charge in [0.05, 0.1) is 6.54 Å². The largest absolute Gasteiger partial charge is 0.480 e. The van der Waals surface area contributed by atoms with Crippen LogP contribution in [0.2, 0.25) is 0 Å². The van der Waals surface area contributed by atoms with Crippen molar-refractivity contribution >= 4 is 23.8 Å². The first-order chi connectivity index (χ1) is 11.4. The molecule has 2 rings (SSSR count). The average Bonchev–Trinajstić information content (AvgIpc) is 2.96. The summed E-state index contributed by atoms with van der Waals surface area (Å²) in [6.07, 6.45) is 2.74. The van der Waals surface area contributed by atoms with Crippen LogP contribution in [-0.2, 0) is 4.79 Å². The SMILES string of the molecule is CCN(CC(=O)O)C1CC(NC(=O)NCC2(N(C)C)CCSC2)C1. The second-order valence-corrected chi connectivity index (χ2v) is 8.13. The number of aliphatic carboxylic acids is 1. The number of carbonyl (C=O) groups excluding carboxylic acids is 1. The number of thioether (sulfide) groups is 1. The number of carbonyl (C=O) groups is 2. The topological polar surface area (TPSA) is 84.9 Å². The van der Waals surface area contributed by atoms with Crippen molar-refractivity contribution in [3.8, 4) is 0 Å². The van der Waals surface area contributed by atoms with Gasteiger partial charge in [-0.25, -0.2) is 4.79 Å². The van der Waals surface area contributed by atoms with E-state index in [1.165, 1.54) is 0 Å². The molecule has 24 heavy (non-hydrogen) atoms. The number of carboxylic acids is 1. The fraction of sp³-hybridized carbons (Fsp3) is 0.875. The maximum absolute atomic E-state index is 12.1. The minimum absolute atomic E-state index is 0.0602. The summed E-state index contributed by atoms with van der Waals surface area (Å²) in [4.78, 5) is 27.2. The molecule has 0 aromatic carbocycles. The predicted molar refractivity (Wildman–Crippen MR) is 96.6 cm³/mol. The average molecular weight is 359 g/mol. The zero-order valence-electron chi connectivity index (χ0n) is 14.9. The van der Waals surface area contributed by atoms with Crippen LogP contribution in [0.1, 0.15) is 26.2 Å². The van der Waals surface area contributed by atoms with Crippen molar-refractivity contribution in [2.24, 2.45) is 0 Å². The van der Waals surface area contributed by atoms with Gasteiger partial charge in [0.15, 0.2) is 0 Å². The van der Waals surface area contributed by atoms with Crippen molar-refractivity contribution in [1.29, 1.82) is 0 Å². The number of rotatable bonds is 8.